The Labute approximate surface area is 201 Å². The van der Waals surface area contributed by atoms with Gasteiger partial charge >= 0.3 is 5.97 Å². The Morgan fingerprint density at radius 1 is 1.20 bits per heavy atom. The number of Topliss-reactive ketones (excluding diaryl/α,β-unsaturated/α-hetero) is 1. The van der Waals surface area contributed by atoms with Crippen LogP contribution in [-0.4, -0.2) is 34.2 Å². The predicted molar refractivity (Wildman–Crippen MR) is 121 cm³/mol. The van der Waals surface area contributed by atoms with Gasteiger partial charge in [-0.3, -0.25) is 9.59 Å². The van der Waals surface area contributed by atoms with Crippen LogP contribution in [0.1, 0.15) is 51.4 Å². The Balaban J connectivity index is 1.89. The van der Waals surface area contributed by atoms with Crippen LogP contribution in [0, 0.1) is 19.7 Å². The molecule has 1 saturated heterocycles. The molecule has 0 bridgehead atoms. The van der Waals surface area contributed by atoms with Gasteiger partial charge in [-0.2, -0.15) is 0 Å². The first-order chi connectivity index (χ1) is 16.7. The predicted octanol–water partition coefficient (Wildman–Crippen LogP) is 2.19. The van der Waals surface area contributed by atoms with Crippen molar-refractivity contribution in [3.8, 4) is 0 Å². The topological polar surface area (TPSA) is 117 Å². The quantitative estimate of drug-likeness (QED) is 0.253. The molecular weight excluding hydrogens is 453 g/mol. The summed E-state index contributed by atoms with van der Waals surface area (Å²) in [6.07, 6.45) is 3.39. The summed E-state index contributed by atoms with van der Waals surface area (Å²) in [5, 5.41) is 13.8. The number of aromatic nitrogens is 2. The van der Waals surface area contributed by atoms with Gasteiger partial charge in [-0.1, -0.05) is 17.9 Å². The number of ketones is 1. The lowest BCUT2D eigenvalue weighted by Crippen LogP contribution is -2.29. The van der Waals surface area contributed by atoms with Crippen molar-refractivity contribution in [2.24, 2.45) is 0 Å². The van der Waals surface area contributed by atoms with Crippen LogP contribution in [0.5, 0.6) is 0 Å². The molecule has 1 aliphatic heterocycles. The molecule has 4 rings (SSSR count). The van der Waals surface area contributed by atoms with E-state index in [0.29, 0.717) is 22.4 Å². The second-order valence-corrected chi connectivity index (χ2v) is 8.22. The fourth-order valence-electron chi connectivity index (χ4n) is 4.38. The van der Waals surface area contributed by atoms with E-state index in [-0.39, 0.29) is 30.0 Å². The van der Waals surface area contributed by atoms with Crippen LogP contribution in [0.3, 0.4) is 0 Å². The van der Waals surface area contributed by atoms with Gasteiger partial charge in [0, 0.05) is 22.9 Å². The number of aryl methyl sites for hydroxylation is 1. The molecule has 1 unspecified atom stereocenters. The van der Waals surface area contributed by atoms with Crippen LogP contribution >= 0.6 is 0 Å². The lowest BCUT2D eigenvalue weighted by Gasteiger charge is -2.27. The zero-order chi connectivity index (χ0) is 25.3. The fourth-order valence-corrected chi connectivity index (χ4v) is 4.38. The first-order valence-corrected chi connectivity index (χ1v) is 11.1. The number of carbonyl (C=O) groups is 3. The van der Waals surface area contributed by atoms with E-state index in [0.717, 1.165) is 0 Å². The summed E-state index contributed by atoms with van der Waals surface area (Å²) in [6, 6.07) is 7.83. The van der Waals surface area contributed by atoms with E-state index in [2.05, 4.69) is 9.97 Å². The molecule has 2 N–H and O–H groups in total. The SMILES string of the molecule is CCOC(=O)c1[nH]c(C)c(C([O-])=C2C(=O)C(=O)N(Cc3ccc[nH+]c3)C2c2ccc(F)cc2)c1C. The van der Waals surface area contributed by atoms with Crippen molar-refractivity contribution in [3.05, 3.63) is 93.8 Å². The highest BCUT2D eigenvalue weighted by atomic mass is 19.1. The minimum atomic E-state index is -1.02. The summed E-state index contributed by atoms with van der Waals surface area (Å²) in [5.74, 6) is -3.53. The number of H-pyrrole nitrogens is 2. The van der Waals surface area contributed by atoms with Crippen molar-refractivity contribution in [1.29, 1.82) is 0 Å². The number of nitrogens with zero attached hydrogens (tertiary/aromatic N) is 1. The highest BCUT2D eigenvalue weighted by Gasteiger charge is 2.44. The fraction of sp³-hybridized carbons (Fsp3) is 0.231. The van der Waals surface area contributed by atoms with Gasteiger partial charge in [-0.25, -0.2) is 14.2 Å². The molecule has 1 fully saturated rings. The number of rotatable bonds is 6. The molecule has 1 amide bonds. The molecule has 9 heteroatoms. The number of aromatic amines is 2. The summed E-state index contributed by atoms with van der Waals surface area (Å²) < 4.78 is 18.7. The minimum Gasteiger partial charge on any atom is -0.872 e. The Morgan fingerprint density at radius 2 is 1.91 bits per heavy atom. The standard InChI is InChI=1S/C26H24FN3O5/c1-4-35-26(34)21-14(2)19(15(3)29-21)23(31)20-22(17-7-9-18(27)10-8-17)30(25(33)24(20)32)13-16-6-5-11-28-12-16/h5-12,22,29,31H,4,13H2,1-3H3. The van der Waals surface area contributed by atoms with E-state index >= 15 is 0 Å². The lowest BCUT2D eigenvalue weighted by atomic mass is 9.94. The summed E-state index contributed by atoms with van der Waals surface area (Å²) in [5.41, 5.74) is 1.83. The first kappa shape index (κ1) is 23.9. The number of esters is 1. The monoisotopic (exact) mass is 477 g/mol. The molecule has 3 heterocycles. The third-order valence-corrected chi connectivity index (χ3v) is 5.98. The molecule has 3 aromatic rings. The summed E-state index contributed by atoms with van der Waals surface area (Å²) in [7, 11) is 0. The zero-order valence-corrected chi connectivity index (χ0v) is 19.5. The van der Waals surface area contributed by atoms with Crippen LogP contribution in [0.15, 0.2) is 54.4 Å². The molecule has 35 heavy (non-hydrogen) atoms. The van der Waals surface area contributed by atoms with E-state index in [4.69, 9.17) is 4.74 Å². The number of pyridine rings is 1. The number of halogens is 1. The van der Waals surface area contributed by atoms with Crippen LogP contribution < -0.4 is 10.1 Å². The van der Waals surface area contributed by atoms with Crippen molar-refractivity contribution >= 4 is 23.4 Å². The summed E-state index contributed by atoms with van der Waals surface area (Å²) >= 11 is 0. The second-order valence-electron chi connectivity index (χ2n) is 8.22. The number of amides is 1. The van der Waals surface area contributed by atoms with Crippen molar-refractivity contribution in [2.45, 2.75) is 33.4 Å². The molecule has 0 saturated carbocycles. The number of carbonyl (C=O) groups excluding carboxylic acids is 3. The van der Waals surface area contributed by atoms with Gasteiger partial charge in [0.15, 0.2) is 12.4 Å². The van der Waals surface area contributed by atoms with Crippen LogP contribution in [-0.2, 0) is 20.9 Å². The molecule has 8 nitrogen and oxygen atoms in total. The zero-order valence-electron chi connectivity index (χ0n) is 19.5. The molecule has 180 valence electrons. The first-order valence-electron chi connectivity index (χ1n) is 11.1. The van der Waals surface area contributed by atoms with E-state index in [1.54, 1.807) is 45.3 Å². The molecule has 0 radical (unpaired) electrons. The number of ether oxygens (including phenoxy) is 1. The van der Waals surface area contributed by atoms with Crippen LogP contribution in [0.4, 0.5) is 4.39 Å². The number of benzene rings is 1. The third kappa shape index (κ3) is 4.32. The summed E-state index contributed by atoms with van der Waals surface area (Å²) in [4.78, 5) is 45.7. The molecule has 2 aromatic heterocycles. The maximum Gasteiger partial charge on any atom is 0.355 e. The Kier molecular flexibility index (Phi) is 6.50. The van der Waals surface area contributed by atoms with Gasteiger partial charge in [-0.05, 0) is 55.7 Å². The Hall–Kier alpha value is -4.27. The van der Waals surface area contributed by atoms with Gasteiger partial charge in [0.2, 0.25) is 5.78 Å². The van der Waals surface area contributed by atoms with Crippen molar-refractivity contribution in [2.75, 3.05) is 6.61 Å². The normalized spacial score (nSPS) is 17.1. The van der Waals surface area contributed by atoms with Gasteiger partial charge < -0.3 is 19.7 Å². The highest BCUT2D eigenvalue weighted by Crippen LogP contribution is 2.40. The molecular formula is C26H24FN3O5. The van der Waals surface area contributed by atoms with E-state index in [1.165, 1.54) is 29.2 Å². The Bertz CT molecular complexity index is 1330. The van der Waals surface area contributed by atoms with E-state index < -0.39 is 35.3 Å². The highest BCUT2D eigenvalue weighted by molar-refractivity contribution is 6.46. The Morgan fingerprint density at radius 3 is 2.54 bits per heavy atom. The molecule has 0 aliphatic carbocycles. The summed E-state index contributed by atoms with van der Waals surface area (Å²) in [6.45, 7) is 5.06. The van der Waals surface area contributed by atoms with Gasteiger partial charge in [0.1, 0.15) is 11.5 Å². The maximum atomic E-state index is 13.8. The molecule has 1 aromatic carbocycles. The average molecular weight is 477 g/mol. The molecule has 1 aliphatic rings. The van der Waals surface area contributed by atoms with Crippen LogP contribution in [0.2, 0.25) is 0 Å². The number of nitrogens with one attached hydrogen (secondary N) is 2. The van der Waals surface area contributed by atoms with Crippen molar-refractivity contribution < 1.29 is 33.6 Å². The van der Waals surface area contributed by atoms with Crippen molar-refractivity contribution in [1.82, 2.24) is 9.88 Å². The molecule has 0 spiro atoms. The largest absolute Gasteiger partial charge is 0.872 e. The van der Waals surface area contributed by atoms with Gasteiger partial charge in [0.25, 0.3) is 5.91 Å². The van der Waals surface area contributed by atoms with Gasteiger partial charge in [0.05, 0.1) is 19.2 Å². The number of hydrogen-bond acceptors (Lipinski definition) is 5. The van der Waals surface area contributed by atoms with E-state index in [9.17, 15) is 23.9 Å². The minimum absolute atomic E-state index is 0.0555. The third-order valence-electron chi connectivity index (χ3n) is 5.98. The average Bonchev–Trinajstić information content (AvgIpc) is 3.27. The lowest BCUT2D eigenvalue weighted by molar-refractivity contribution is -0.378. The van der Waals surface area contributed by atoms with Gasteiger partial charge in [-0.15, -0.1) is 0 Å². The van der Waals surface area contributed by atoms with E-state index in [1.807, 2.05) is 0 Å². The number of likely N-dealkylation sites (tertiary alicyclic amines) is 1. The maximum absolute atomic E-state index is 13.8. The van der Waals surface area contributed by atoms with Crippen molar-refractivity contribution in [3.63, 3.8) is 0 Å². The smallest absolute Gasteiger partial charge is 0.355 e. The van der Waals surface area contributed by atoms with Crippen LogP contribution in [0.25, 0.3) is 5.76 Å². The second kappa shape index (κ2) is 9.54. The number of hydrogen-bond donors (Lipinski definition) is 1. The molecule has 1 atom stereocenters.